The first-order valence-electron chi connectivity index (χ1n) is 7.35. The Morgan fingerprint density at radius 3 is 2.96 bits per heavy atom. The molecule has 1 N–H and O–H groups in total. The second-order valence-corrected chi connectivity index (χ2v) is 5.50. The molecule has 23 heavy (non-hydrogen) atoms. The van der Waals surface area contributed by atoms with E-state index in [-0.39, 0.29) is 12.3 Å². The van der Waals surface area contributed by atoms with Crippen LogP contribution in [0.3, 0.4) is 0 Å². The molecule has 0 spiro atoms. The van der Waals surface area contributed by atoms with E-state index >= 15 is 0 Å². The Morgan fingerprint density at radius 2 is 2.09 bits per heavy atom. The molecule has 2 aliphatic rings. The highest BCUT2D eigenvalue weighted by Crippen LogP contribution is 2.29. The van der Waals surface area contributed by atoms with Gasteiger partial charge in [-0.15, -0.1) is 0 Å². The molecule has 116 valence electrons. The van der Waals surface area contributed by atoms with Crippen LogP contribution in [0.15, 0.2) is 48.1 Å². The van der Waals surface area contributed by atoms with Crippen LogP contribution in [-0.2, 0) is 6.54 Å². The molecular weight excluding hydrogens is 300 g/mol. The molecule has 2 heterocycles. The second-order valence-electron chi connectivity index (χ2n) is 5.50. The van der Waals surface area contributed by atoms with Crippen LogP contribution in [0.4, 0.5) is 8.78 Å². The zero-order chi connectivity index (χ0) is 16.0. The first-order valence-corrected chi connectivity index (χ1v) is 7.35. The molecule has 0 saturated carbocycles. The standard InChI is InChI=1S/C17H13F2N3O/c18-11-5-4-10(8-12(19)9-11)16-21-14-3-1-2-13-15(14)22(16)7-6-20-17(13)23/h1-4,8-9H,5-7H2,(H,20,23). The van der Waals surface area contributed by atoms with Crippen molar-refractivity contribution in [3.63, 3.8) is 0 Å². The molecule has 4 nitrogen and oxygen atoms in total. The summed E-state index contributed by atoms with van der Waals surface area (Å²) in [5, 5.41) is 2.83. The second kappa shape index (κ2) is 5.15. The van der Waals surface area contributed by atoms with Gasteiger partial charge in [0.15, 0.2) is 0 Å². The largest absolute Gasteiger partial charge is 0.350 e. The Bertz CT molecular complexity index is 921. The third kappa shape index (κ3) is 2.27. The lowest BCUT2D eigenvalue weighted by Crippen LogP contribution is -2.24. The predicted molar refractivity (Wildman–Crippen MR) is 83.0 cm³/mol. The van der Waals surface area contributed by atoms with E-state index in [1.807, 2.05) is 10.6 Å². The topological polar surface area (TPSA) is 46.9 Å². The van der Waals surface area contributed by atoms with Crippen molar-refractivity contribution in [1.82, 2.24) is 14.9 Å². The maximum absolute atomic E-state index is 13.8. The lowest BCUT2D eigenvalue weighted by Gasteiger charge is -2.07. The van der Waals surface area contributed by atoms with Gasteiger partial charge in [-0.2, -0.15) is 0 Å². The molecule has 6 heteroatoms. The summed E-state index contributed by atoms with van der Waals surface area (Å²) in [6, 6.07) is 5.32. The summed E-state index contributed by atoms with van der Waals surface area (Å²) in [5.41, 5.74) is 2.46. The quantitative estimate of drug-likeness (QED) is 0.878. The summed E-state index contributed by atoms with van der Waals surface area (Å²) in [5.74, 6) is -0.778. The summed E-state index contributed by atoms with van der Waals surface area (Å²) >= 11 is 0. The van der Waals surface area contributed by atoms with E-state index in [4.69, 9.17) is 0 Å². The molecule has 0 unspecified atom stereocenters. The van der Waals surface area contributed by atoms with Gasteiger partial charge in [-0.1, -0.05) is 12.1 Å². The molecule has 0 radical (unpaired) electrons. The van der Waals surface area contributed by atoms with Gasteiger partial charge in [0.1, 0.15) is 17.5 Å². The molecule has 1 aliphatic heterocycles. The van der Waals surface area contributed by atoms with E-state index < -0.39 is 11.7 Å². The number of carbonyl (C=O) groups is 1. The number of hydrogen-bond donors (Lipinski definition) is 1. The Balaban J connectivity index is 1.96. The van der Waals surface area contributed by atoms with Crippen molar-refractivity contribution in [2.45, 2.75) is 13.0 Å². The normalized spacial score (nSPS) is 17.8. The van der Waals surface area contributed by atoms with Crippen LogP contribution in [0.25, 0.3) is 16.6 Å². The molecule has 4 rings (SSSR count). The number of nitrogens with one attached hydrogen (secondary N) is 1. The number of benzene rings is 1. The Labute approximate surface area is 130 Å². The first kappa shape index (κ1) is 13.9. The van der Waals surface area contributed by atoms with Crippen LogP contribution < -0.4 is 5.32 Å². The minimum absolute atomic E-state index is 0.0203. The molecule has 0 fully saturated rings. The van der Waals surface area contributed by atoms with Crippen LogP contribution >= 0.6 is 0 Å². The number of allylic oxidation sites excluding steroid dienone is 6. The smallest absolute Gasteiger partial charge is 0.253 e. The predicted octanol–water partition coefficient (Wildman–Crippen LogP) is 3.27. The highest BCUT2D eigenvalue weighted by molar-refractivity contribution is 6.06. The number of halogens is 2. The summed E-state index contributed by atoms with van der Waals surface area (Å²) in [7, 11) is 0. The molecule has 1 aromatic heterocycles. The van der Waals surface area contributed by atoms with Gasteiger partial charge in [0.05, 0.1) is 16.6 Å². The van der Waals surface area contributed by atoms with Crippen LogP contribution in [0.2, 0.25) is 0 Å². The highest BCUT2D eigenvalue weighted by atomic mass is 19.1. The number of aromatic nitrogens is 2. The Kier molecular flexibility index (Phi) is 3.11. The van der Waals surface area contributed by atoms with E-state index in [0.29, 0.717) is 35.6 Å². The van der Waals surface area contributed by atoms with Gasteiger partial charge in [0.25, 0.3) is 5.91 Å². The van der Waals surface area contributed by atoms with Gasteiger partial charge in [-0.3, -0.25) is 4.79 Å². The fraction of sp³-hybridized carbons (Fsp3) is 0.176. The first-order chi connectivity index (χ1) is 11.1. The average molecular weight is 313 g/mol. The van der Waals surface area contributed by atoms with Crippen molar-refractivity contribution < 1.29 is 13.6 Å². The highest BCUT2D eigenvalue weighted by Gasteiger charge is 2.22. The molecule has 0 atom stereocenters. The van der Waals surface area contributed by atoms with Gasteiger partial charge in [-0.05, 0) is 18.2 Å². The van der Waals surface area contributed by atoms with E-state index in [1.54, 1.807) is 18.2 Å². The summed E-state index contributed by atoms with van der Waals surface area (Å²) < 4.78 is 29.1. The van der Waals surface area contributed by atoms with E-state index in [0.717, 1.165) is 11.6 Å². The van der Waals surface area contributed by atoms with Gasteiger partial charge in [0.2, 0.25) is 0 Å². The maximum atomic E-state index is 13.8. The molecule has 0 bridgehead atoms. The summed E-state index contributed by atoms with van der Waals surface area (Å²) in [4.78, 5) is 16.7. The van der Waals surface area contributed by atoms with E-state index in [9.17, 15) is 13.6 Å². The Hall–Kier alpha value is -2.76. The van der Waals surface area contributed by atoms with Gasteiger partial charge < -0.3 is 9.88 Å². The molecule has 2 aromatic rings. The molecule has 1 aromatic carbocycles. The number of imidazole rings is 1. The van der Waals surface area contributed by atoms with Crippen LogP contribution in [0.5, 0.6) is 0 Å². The fourth-order valence-electron chi connectivity index (χ4n) is 3.00. The van der Waals surface area contributed by atoms with Crippen molar-refractivity contribution in [3.8, 4) is 0 Å². The number of nitrogens with zero attached hydrogens (tertiary/aromatic N) is 2. The maximum Gasteiger partial charge on any atom is 0.253 e. The summed E-state index contributed by atoms with van der Waals surface area (Å²) in [6.45, 7) is 0.982. The zero-order valence-electron chi connectivity index (χ0n) is 12.1. The third-order valence-corrected chi connectivity index (χ3v) is 4.00. The monoisotopic (exact) mass is 313 g/mol. The van der Waals surface area contributed by atoms with E-state index in [2.05, 4.69) is 10.3 Å². The molecule has 1 aliphatic carbocycles. The molecular formula is C17H13F2N3O. The average Bonchev–Trinajstić information content (AvgIpc) is 2.68. The molecule has 0 saturated heterocycles. The number of amides is 1. The number of rotatable bonds is 1. The van der Waals surface area contributed by atoms with Gasteiger partial charge in [-0.25, -0.2) is 13.8 Å². The van der Waals surface area contributed by atoms with Crippen LogP contribution in [-0.4, -0.2) is 22.0 Å². The van der Waals surface area contributed by atoms with Crippen molar-refractivity contribution >= 4 is 22.5 Å². The SMILES string of the molecule is O=C1NCCn2c(C3=CCC(F)=CC(F)=C3)nc3cccc1c32. The van der Waals surface area contributed by atoms with E-state index in [1.165, 1.54) is 6.08 Å². The van der Waals surface area contributed by atoms with Crippen molar-refractivity contribution in [1.29, 1.82) is 0 Å². The summed E-state index contributed by atoms with van der Waals surface area (Å²) in [6.07, 6.45) is 3.79. The van der Waals surface area contributed by atoms with Gasteiger partial charge >= 0.3 is 0 Å². The van der Waals surface area contributed by atoms with Crippen molar-refractivity contribution in [3.05, 3.63) is 59.5 Å². The van der Waals surface area contributed by atoms with Crippen molar-refractivity contribution in [2.75, 3.05) is 6.54 Å². The van der Waals surface area contributed by atoms with Gasteiger partial charge in [0, 0.05) is 31.2 Å². The fourth-order valence-corrected chi connectivity index (χ4v) is 3.00. The number of carbonyl (C=O) groups excluding carboxylic acids is 1. The lowest BCUT2D eigenvalue weighted by molar-refractivity contribution is 0.0956. The van der Waals surface area contributed by atoms with Crippen molar-refractivity contribution in [2.24, 2.45) is 0 Å². The minimum Gasteiger partial charge on any atom is -0.350 e. The zero-order valence-corrected chi connectivity index (χ0v) is 12.1. The third-order valence-electron chi connectivity index (χ3n) is 4.00. The van der Waals surface area contributed by atoms with Crippen LogP contribution in [0.1, 0.15) is 22.6 Å². The number of hydrogen-bond acceptors (Lipinski definition) is 2. The van der Waals surface area contributed by atoms with Crippen LogP contribution in [0, 0.1) is 0 Å². The molecule has 1 amide bonds. The Morgan fingerprint density at radius 1 is 1.22 bits per heavy atom. The number of para-hydroxylation sites is 1. The lowest BCUT2D eigenvalue weighted by atomic mass is 10.1. The minimum atomic E-state index is -0.644.